The smallest absolute Gasteiger partial charge is 0.264 e. The van der Waals surface area contributed by atoms with Crippen molar-refractivity contribution in [2.24, 2.45) is 4.99 Å². The number of aromatic nitrogens is 2. The minimum atomic E-state index is -3.93. The molecule has 0 saturated carbocycles. The van der Waals surface area contributed by atoms with Gasteiger partial charge >= 0.3 is 0 Å². The Kier molecular flexibility index (Phi) is 9.59. The lowest BCUT2D eigenvalue weighted by atomic mass is 9.95. The predicted octanol–water partition coefficient (Wildman–Crippen LogP) is 2.91. The van der Waals surface area contributed by atoms with Gasteiger partial charge < -0.3 is 19.4 Å². The second-order valence-corrected chi connectivity index (χ2v) is 13.7. The number of hydrogen-bond donors (Lipinski definition) is 2. The molecule has 0 fully saturated rings. The van der Waals surface area contributed by atoms with E-state index in [0.29, 0.717) is 47.4 Å². The van der Waals surface area contributed by atoms with Gasteiger partial charge in [-0.15, -0.1) is 0 Å². The summed E-state index contributed by atoms with van der Waals surface area (Å²) in [4.78, 5) is 9.12. The average Bonchev–Trinajstić information content (AvgIpc) is 3.25. The molecular formula is C28H35N5O8S2. The van der Waals surface area contributed by atoms with E-state index in [-0.39, 0.29) is 17.6 Å². The van der Waals surface area contributed by atoms with Crippen molar-refractivity contribution in [3.63, 3.8) is 0 Å². The number of amidine groups is 2. The molecule has 0 spiro atoms. The maximum Gasteiger partial charge on any atom is 0.264 e. The van der Waals surface area contributed by atoms with Crippen LogP contribution in [0.25, 0.3) is 11.4 Å². The van der Waals surface area contributed by atoms with E-state index >= 15 is 0 Å². The second kappa shape index (κ2) is 12.8. The number of imidazole rings is 1. The third-order valence-electron chi connectivity index (χ3n) is 6.13. The number of hydrogen-bond acceptors (Lipinski definition) is 10. The lowest BCUT2D eigenvalue weighted by Gasteiger charge is -2.34. The van der Waals surface area contributed by atoms with Crippen LogP contribution in [0.5, 0.6) is 11.5 Å². The third kappa shape index (κ3) is 8.63. The van der Waals surface area contributed by atoms with Gasteiger partial charge in [0.2, 0.25) is 0 Å². The van der Waals surface area contributed by atoms with Gasteiger partial charge in [-0.2, -0.15) is 16.8 Å². The fraction of sp³-hybridized carbons (Fsp3) is 0.393. The highest BCUT2D eigenvalue weighted by Gasteiger charge is 2.39. The van der Waals surface area contributed by atoms with Crippen LogP contribution in [-0.4, -0.2) is 76.4 Å². The van der Waals surface area contributed by atoms with E-state index in [9.17, 15) is 16.8 Å². The Bertz CT molecular complexity index is 1680. The lowest BCUT2D eigenvalue weighted by Crippen LogP contribution is -2.44. The van der Waals surface area contributed by atoms with Crippen molar-refractivity contribution in [3.8, 4) is 22.9 Å². The van der Waals surface area contributed by atoms with Crippen LogP contribution in [0.3, 0.4) is 0 Å². The van der Waals surface area contributed by atoms with Crippen LogP contribution in [0.1, 0.15) is 32.0 Å². The summed E-state index contributed by atoms with van der Waals surface area (Å²) < 4.78 is 72.6. The first-order chi connectivity index (χ1) is 20.1. The molecule has 3 aromatic rings. The molecule has 13 nitrogen and oxygen atoms in total. The summed E-state index contributed by atoms with van der Waals surface area (Å²) in [6, 6.07) is 13.6. The Balaban J connectivity index is 1.76. The number of nitrogens with zero attached hydrogens (tertiary/aromatic N) is 3. The van der Waals surface area contributed by atoms with E-state index < -0.39 is 39.1 Å². The minimum absolute atomic E-state index is 0.0677. The molecule has 232 valence electrons. The molecular weight excluding hydrogens is 598 g/mol. The van der Waals surface area contributed by atoms with Gasteiger partial charge in [-0.05, 0) is 32.9 Å². The first kappa shape index (κ1) is 32.1. The number of ether oxygens (including phenoxy) is 2. The van der Waals surface area contributed by atoms with Gasteiger partial charge in [-0.3, -0.25) is 13.8 Å². The highest BCUT2D eigenvalue weighted by atomic mass is 32.2. The topological polar surface area (TPSA) is 171 Å². The Morgan fingerprint density at radius 1 is 1.09 bits per heavy atom. The number of rotatable bonds is 11. The highest BCUT2D eigenvalue weighted by molar-refractivity contribution is 7.86. The maximum absolute atomic E-state index is 12.0. The molecule has 0 saturated heterocycles. The van der Waals surface area contributed by atoms with Crippen molar-refractivity contribution >= 4 is 31.9 Å². The highest BCUT2D eigenvalue weighted by Crippen LogP contribution is 2.38. The van der Waals surface area contributed by atoms with Crippen molar-refractivity contribution in [1.29, 1.82) is 5.41 Å². The maximum atomic E-state index is 12.0. The number of benzene rings is 2. The van der Waals surface area contributed by atoms with Crippen LogP contribution in [0.15, 0.2) is 59.7 Å². The molecule has 0 bridgehead atoms. The van der Waals surface area contributed by atoms with Crippen molar-refractivity contribution < 1.29 is 34.7 Å². The van der Waals surface area contributed by atoms with Crippen molar-refractivity contribution in [3.05, 3.63) is 66.0 Å². The Labute approximate surface area is 251 Å². The lowest BCUT2D eigenvalue weighted by molar-refractivity contribution is -0.0189. The summed E-state index contributed by atoms with van der Waals surface area (Å²) in [6.07, 6.45) is 3.63. The van der Waals surface area contributed by atoms with E-state index in [4.69, 9.17) is 28.2 Å². The fourth-order valence-corrected chi connectivity index (χ4v) is 5.15. The molecule has 0 aliphatic carbocycles. The van der Waals surface area contributed by atoms with Crippen molar-refractivity contribution in [2.75, 3.05) is 32.3 Å². The van der Waals surface area contributed by atoms with Crippen molar-refractivity contribution in [2.45, 2.75) is 39.0 Å². The van der Waals surface area contributed by atoms with Crippen LogP contribution >= 0.6 is 0 Å². The largest absolute Gasteiger partial charge is 0.491 e. The number of aliphatic imine (C=N–C) groups is 1. The van der Waals surface area contributed by atoms with Crippen molar-refractivity contribution in [1.82, 2.24) is 14.9 Å². The molecule has 0 radical (unpaired) electrons. The van der Waals surface area contributed by atoms with Gasteiger partial charge in [-0.25, -0.2) is 9.98 Å². The quantitative estimate of drug-likeness (QED) is 0.182. The molecule has 0 atom stereocenters. The average molecular weight is 634 g/mol. The summed E-state index contributed by atoms with van der Waals surface area (Å²) in [5, 5.41) is 11.1. The monoisotopic (exact) mass is 633 g/mol. The Morgan fingerprint density at radius 3 is 2.33 bits per heavy atom. The van der Waals surface area contributed by atoms with Crippen LogP contribution in [-0.2, 0) is 40.7 Å². The van der Waals surface area contributed by atoms with Gasteiger partial charge in [0, 0.05) is 23.9 Å². The third-order valence-corrected chi connectivity index (χ3v) is 7.23. The SMILES string of the molecule is CC(=N)/N=C(\NC(C)C)c1cn2c(n1)-c1ccc(OC(COS(C)(=O)=O)(COS(C)(=O)=O)c3ccccc3)cc1OCC2. The van der Waals surface area contributed by atoms with Gasteiger partial charge in [0.25, 0.3) is 20.2 Å². The zero-order valence-corrected chi connectivity index (χ0v) is 26.2. The first-order valence-corrected chi connectivity index (χ1v) is 17.0. The molecule has 1 aromatic heterocycles. The standard InChI is InChI=1S/C28H35N5O8S2/c1-19(2)30-26(31-20(3)29)24-16-33-13-14-38-25-15-22(11-12-23(25)27(33)32-24)41-28(17-39-42(4,34)35,18-40-43(5,36)37)21-9-7-6-8-10-21/h6-12,15-16,19H,13-14,17-18H2,1-5H3,(H2,29,30,31). The summed E-state index contributed by atoms with van der Waals surface area (Å²) in [5.74, 6) is 1.93. The van der Waals surface area contributed by atoms with E-state index in [1.165, 1.54) is 0 Å². The van der Waals surface area contributed by atoms with E-state index in [2.05, 4.69) is 10.3 Å². The molecule has 1 aliphatic heterocycles. The van der Waals surface area contributed by atoms with Crippen LogP contribution in [0.2, 0.25) is 0 Å². The zero-order valence-electron chi connectivity index (χ0n) is 24.5. The summed E-state index contributed by atoms with van der Waals surface area (Å²) in [6.45, 7) is 5.21. The molecule has 4 rings (SSSR count). The van der Waals surface area contributed by atoms with E-state index in [1.54, 1.807) is 55.5 Å². The normalized spacial score (nSPS) is 14.0. The number of nitrogens with one attached hydrogen (secondary N) is 2. The molecule has 43 heavy (non-hydrogen) atoms. The molecule has 2 N–H and O–H groups in total. The summed E-state index contributed by atoms with van der Waals surface area (Å²) in [7, 11) is -7.87. The fourth-order valence-electron chi connectivity index (χ4n) is 4.34. The van der Waals surface area contributed by atoms with Gasteiger partial charge in [-0.1, -0.05) is 30.3 Å². The van der Waals surface area contributed by atoms with Gasteiger partial charge in [0.05, 0.1) is 24.6 Å². The molecule has 1 aliphatic rings. The number of fused-ring (bicyclic) bond motifs is 3. The van der Waals surface area contributed by atoms with Crippen LogP contribution in [0.4, 0.5) is 0 Å². The minimum Gasteiger partial charge on any atom is -0.491 e. The van der Waals surface area contributed by atoms with Crippen LogP contribution < -0.4 is 14.8 Å². The molecule has 2 aromatic carbocycles. The Morgan fingerprint density at radius 2 is 1.74 bits per heavy atom. The molecule has 0 amide bonds. The van der Waals surface area contributed by atoms with Gasteiger partial charge in [0.1, 0.15) is 48.7 Å². The Hall–Kier alpha value is -3.79. The van der Waals surface area contributed by atoms with E-state index in [0.717, 1.165) is 12.5 Å². The summed E-state index contributed by atoms with van der Waals surface area (Å²) >= 11 is 0. The summed E-state index contributed by atoms with van der Waals surface area (Å²) in [5.41, 5.74) is -0.000320. The molecule has 0 unspecified atom stereocenters. The zero-order chi connectivity index (χ0) is 31.4. The van der Waals surface area contributed by atoms with E-state index in [1.807, 2.05) is 24.6 Å². The second-order valence-electron chi connectivity index (χ2n) is 10.4. The van der Waals surface area contributed by atoms with Gasteiger partial charge in [0.15, 0.2) is 11.4 Å². The molecule has 2 heterocycles. The predicted molar refractivity (Wildman–Crippen MR) is 162 cm³/mol. The van der Waals surface area contributed by atoms with Crippen LogP contribution in [0, 0.1) is 5.41 Å². The molecule has 15 heteroatoms. The first-order valence-electron chi connectivity index (χ1n) is 13.3.